The molecule has 1 aliphatic rings. The summed E-state index contributed by atoms with van der Waals surface area (Å²) in [4.78, 5) is 37.1. The van der Waals surface area contributed by atoms with Crippen molar-refractivity contribution in [2.75, 3.05) is 10.3 Å². The minimum absolute atomic E-state index is 0.303. The number of nitrogens with zero attached hydrogens (tertiary/aromatic N) is 2. The van der Waals surface area contributed by atoms with Crippen LogP contribution in [0.3, 0.4) is 0 Å². The van der Waals surface area contributed by atoms with Gasteiger partial charge < -0.3 is 5.32 Å². The largest absolute Gasteiger partial charge is 0.319 e. The first-order chi connectivity index (χ1) is 11.6. The van der Waals surface area contributed by atoms with Crippen LogP contribution in [-0.2, 0) is 14.4 Å². The van der Waals surface area contributed by atoms with E-state index < -0.39 is 23.5 Å². The zero-order valence-electron chi connectivity index (χ0n) is 13.0. The zero-order chi connectivity index (χ0) is 17.1. The number of ketones is 1. The quantitative estimate of drug-likeness (QED) is 0.693. The van der Waals surface area contributed by atoms with Gasteiger partial charge in [-0.15, -0.1) is 0 Å². The smallest absolute Gasteiger partial charge is 0.293 e. The second kappa shape index (κ2) is 6.45. The van der Waals surface area contributed by atoms with Crippen molar-refractivity contribution in [3.8, 4) is 0 Å². The molecule has 2 aromatic rings. The molecule has 3 rings (SSSR count). The summed E-state index contributed by atoms with van der Waals surface area (Å²) in [5, 5.41) is 7.79. The Balaban J connectivity index is 1.77. The van der Waals surface area contributed by atoms with Gasteiger partial charge in [0.2, 0.25) is 5.78 Å². The molecular weight excluding hydrogens is 306 g/mol. The third-order valence-corrected chi connectivity index (χ3v) is 3.65. The van der Waals surface area contributed by atoms with Crippen LogP contribution in [0.5, 0.6) is 0 Å². The molecule has 0 aromatic heterocycles. The van der Waals surface area contributed by atoms with Gasteiger partial charge >= 0.3 is 0 Å². The van der Waals surface area contributed by atoms with Gasteiger partial charge in [0.25, 0.3) is 11.8 Å². The van der Waals surface area contributed by atoms with E-state index in [2.05, 4.69) is 10.4 Å². The van der Waals surface area contributed by atoms with Crippen LogP contribution < -0.4 is 10.3 Å². The van der Waals surface area contributed by atoms with Crippen molar-refractivity contribution in [1.82, 2.24) is 0 Å². The van der Waals surface area contributed by atoms with Crippen molar-refractivity contribution in [2.24, 2.45) is 11.0 Å². The lowest BCUT2D eigenvalue weighted by Crippen LogP contribution is -2.38. The first-order valence-electron chi connectivity index (χ1n) is 7.42. The maximum atomic E-state index is 12.5. The molecule has 0 saturated carbocycles. The number of hydrazone groups is 1. The van der Waals surface area contributed by atoms with Gasteiger partial charge in [-0.2, -0.15) is 10.1 Å². The maximum Gasteiger partial charge on any atom is 0.293 e. The SMILES string of the molecule is CC1=NN(c2ccccc2)C(=O)C1C(=O)C(=O)Nc1ccccc1. The summed E-state index contributed by atoms with van der Waals surface area (Å²) in [6.45, 7) is 1.57. The van der Waals surface area contributed by atoms with Gasteiger partial charge in [0, 0.05) is 5.69 Å². The average Bonchev–Trinajstić information content (AvgIpc) is 2.90. The maximum absolute atomic E-state index is 12.5. The number of para-hydroxylation sites is 2. The first kappa shape index (κ1) is 15.6. The summed E-state index contributed by atoms with van der Waals surface area (Å²) < 4.78 is 0. The van der Waals surface area contributed by atoms with Gasteiger partial charge in [-0.25, -0.2) is 0 Å². The monoisotopic (exact) mass is 321 g/mol. The highest BCUT2D eigenvalue weighted by Crippen LogP contribution is 2.24. The van der Waals surface area contributed by atoms with Crippen LogP contribution in [0.25, 0.3) is 0 Å². The molecule has 6 nitrogen and oxygen atoms in total. The standard InChI is InChI=1S/C18H15N3O3/c1-12-15(16(22)17(23)19-13-8-4-2-5-9-13)18(24)21(20-12)14-10-6-3-7-11-14/h2-11,15H,1H3,(H,19,23). The van der Waals surface area contributed by atoms with Gasteiger partial charge in [0.1, 0.15) is 5.92 Å². The van der Waals surface area contributed by atoms with Gasteiger partial charge in [-0.1, -0.05) is 36.4 Å². The number of hydrogen-bond donors (Lipinski definition) is 1. The Morgan fingerprint density at radius 1 is 1.00 bits per heavy atom. The second-order valence-corrected chi connectivity index (χ2v) is 5.34. The molecule has 1 N–H and O–H groups in total. The molecule has 120 valence electrons. The molecule has 24 heavy (non-hydrogen) atoms. The highest BCUT2D eigenvalue weighted by Gasteiger charge is 2.42. The molecule has 1 aliphatic heterocycles. The number of benzene rings is 2. The normalized spacial score (nSPS) is 16.7. The molecular formula is C18H15N3O3. The van der Waals surface area contributed by atoms with Crippen LogP contribution in [0.2, 0.25) is 0 Å². The fourth-order valence-electron chi connectivity index (χ4n) is 2.47. The molecule has 6 heteroatoms. The second-order valence-electron chi connectivity index (χ2n) is 5.34. The minimum atomic E-state index is -1.19. The summed E-state index contributed by atoms with van der Waals surface area (Å²) in [5.41, 5.74) is 1.36. The van der Waals surface area contributed by atoms with Crippen LogP contribution in [0.15, 0.2) is 65.8 Å². The topological polar surface area (TPSA) is 78.8 Å². The Morgan fingerprint density at radius 2 is 1.58 bits per heavy atom. The van der Waals surface area contributed by atoms with E-state index in [-0.39, 0.29) is 0 Å². The van der Waals surface area contributed by atoms with Crippen molar-refractivity contribution >= 4 is 34.7 Å². The lowest BCUT2D eigenvalue weighted by Gasteiger charge is -2.13. The molecule has 2 aromatic carbocycles. The molecule has 1 heterocycles. The van der Waals surface area contributed by atoms with Crippen LogP contribution in [-0.4, -0.2) is 23.3 Å². The Hall–Kier alpha value is -3.28. The van der Waals surface area contributed by atoms with E-state index in [0.29, 0.717) is 17.1 Å². The molecule has 0 fully saturated rings. The molecule has 0 bridgehead atoms. The van der Waals surface area contributed by atoms with E-state index in [9.17, 15) is 14.4 Å². The van der Waals surface area contributed by atoms with Gasteiger partial charge in [0.15, 0.2) is 0 Å². The number of hydrogen-bond acceptors (Lipinski definition) is 4. The fraction of sp³-hybridized carbons (Fsp3) is 0.111. The predicted molar refractivity (Wildman–Crippen MR) is 90.6 cm³/mol. The van der Waals surface area contributed by atoms with E-state index >= 15 is 0 Å². The zero-order valence-corrected chi connectivity index (χ0v) is 13.0. The Bertz CT molecular complexity index is 816. The highest BCUT2D eigenvalue weighted by atomic mass is 16.2. The Kier molecular flexibility index (Phi) is 4.20. The van der Waals surface area contributed by atoms with Crippen LogP contribution in [0.1, 0.15) is 6.92 Å². The van der Waals surface area contributed by atoms with E-state index in [0.717, 1.165) is 5.01 Å². The number of rotatable bonds is 4. The lowest BCUT2D eigenvalue weighted by molar-refractivity contribution is -0.138. The van der Waals surface area contributed by atoms with Gasteiger partial charge in [-0.05, 0) is 31.2 Å². The highest BCUT2D eigenvalue weighted by molar-refractivity contribution is 6.50. The van der Waals surface area contributed by atoms with Crippen molar-refractivity contribution in [3.05, 3.63) is 60.7 Å². The van der Waals surface area contributed by atoms with Crippen LogP contribution in [0, 0.1) is 5.92 Å². The summed E-state index contributed by atoms with van der Waals surface area (Å²) in [6, 6.07) is 17.4. The number of carbonyl (C=O) groups excluding carboxylic acids is 3. The van der Waals surface area contributed by atoms with E-state index in [1.807, 2.05) is 6.07 Å². The summed E-state index contributed by atoms with van der Waals surface area (Å²) >= 11 is 0. The van der Waals surface area contributed by atoms with Crippen molar-refractivity contribution in [3.63, 3.8) is 0 Å². The number of Topliss-reactive ketones (excluding diaryl/α,β-unsaturated/α-hetero) is 1. The van der Waals surface area contributed by atoms with Crippen LogP contribution in [0.4, 0.5) is 11.4 Å². The molecule has 1 atom stereocenters. The Labute approximate surface area is 138 Å². The summed E-state index contributed by atoms with van der Waals surface area (Å²) in [6.07, 6.45) is 0. The fourth-order valence-corrected chi connectivity index (χ4v) is 2.47. The van der Waals surface area contributed by atoms with E-state index in [4.69, 9.17) is 0 Å². The molecule has 0 radical (unpaired) electrons. The minimum Gasteiger partial charge on any atom is -0.319 e. The third-order valence-electron chi connectivity index (χ3n) is 3.65. The molecule has 0 spiro atoms. The molecule has 0 aliphatic carbocycles. The number of amides is 2. The predicted octanol–water partition coefficient (Wildman–Crippen LogP) is 2.23. The third kappa shape index (κ3) is 2.94. The summed E-state index contributed by atoms with van der Waals surface area (Å²) in [5.74, 6) is -3.35. The number of nitrogens with one attached hydrogen (secondary N) is 1. The molecule has 2 amide bonds. The number of carbonyl (C=O) groups is 3. The van der Waals surface area contributed by atoms with Crippen LogP contribution >= 0.6 is 0 Å². The lowest BCUT2D eigenvalue weighted by atomic mass is 9.98. The van der Waals surface area contributed by atoms with E-state index in [1.54, 1.807) is 61.5 Å². The van der Waals surface area contributed by atoms with Gasteiger partial charge in [-0.3, -0.25) is 14.4 Å². The van der Waals surface area contributed by atoms with Crippen molar-refractivity contribution in [2.45, 2.75) is 6.92 Å². The van der Waals surface area contributed by atoms with Crippen molar-refractivity contribution in [1.29, 1.82) is 0 Å². The van der Waals surface area contributed by atoms with Gasteiger partial charge in [0.05, 0.1) is 11.4 Å². The number of anilines is 2. The molecule has 0 saturated heterocycles. The molecule has 1 unspecified atom stereocenters. The van der Waals surface area contributed by atoms with E-state index in [1.165, 1.54) is 0 Å². The summed E-state index contributed by atoms with van der Waals surface area (Å²) in [7, 11) is 0. The van der Waals surface area contributed by atoms with Crippen molar-refractivity contribution < 1.29 is 14.4 Å². The average molecular weight is 321 g/mol. The Morgan fingerprint density at radius 3 is 2.21 bits per heavy atom. The first-order valence-corrected chi connectivity index (χ1v) is 7.42.